The standard InChI is InChI=1S/C20H17BrN4O/c21-15-13-18(26-17-9-2-1-3-10-17)20(23-14-15)25-19-11-5-4-7-16(24-19)8-6-12-22/h1-3,5,7,9-11,13-14H,4,6,8H2,(H,23,24,25). The summed E-state index contributed by atoms with van der Waals surface area (Å²) >= 11 is 3.43. The third-order valence-corrected chi connectivity index (χ3v) is 3.99. The van der Waals surface area contributed by atoms with Gasteiger partial charge in [0.2, 0.25) is 0 Å². The van der Waals surface area contributed by atoms with E-state index in [4.69, 9.17) is 10.00 Å². The zero-order chi connectivity index (χ0) is 18.2. The third kappa shape index (κ3) is 5.04. The van der Waals surface area contributed by atoms with Crippen LogP contribution in [-0.4, -0.2) is 10.8 Å². The quantitative estimate of drug-likeness (QED) is 0.699. The smallest absolute Gasteiger partial charge is 0.175 e. The normalized spacial score (nSPS) is 13.2. The summed E-state index contributed by atoms with van der Waals surface area (Å²) in [5.74, 6) is 2.55. The first kappa shape index (κ1) is 17.9. The third-order valence-electron chi connectivity index (χ3n) is 3.56. The van der Waals surface area contributed by atoms with Crippen molar-refractivity contribution in [2.45, 2.75) is 19.3 Å². The highest BCUT2D eigenvalue weighted by molar-refractivity contribution is 9.10. The molecule has 0 aliphatic carbocycles. The number of anilines is 1. The number of pyridine rings is 1. The molecule has 0 amide bonds. The minimum atomic E-state index is 0.446. The average molecular weight is 409 g/mol. The molecule has 0 atom stereocenters. The van der Waals surface area contributed by atoms with Crippen molar-refractivity contribution in [2.75, 3.05) is 5.32 Å². The Hall–Kier alpha value is -2.91. The van der Waals surface area contributed by atoms with Crippen LogP contribution in [0.15, 0.2) is 76.0 Å². The van der Waals surface area contributed by atoms with Gasteiger partial charge in [0.1, 0.15) is 11.6 Å². The first-order valence-corrected chi connectivity index (χ1v) is 9.00. The maximum Gasteiger partial charge on any atom is 0.175 e. The monoisotopic (exact) mass is 408 g/mol. The van der Waals surface area contributed by atoms with E-state index in [0.29, 0.717) is 30.2 Å². The summed E-state index contributed by atoms with van der Waals surface area (Å²) in [4.78, 5) is 9.02. The molecule has 1 aromatic heterocycles. The van der Waals surface area contributed by atoms with E-state index >= 15 is 0 Å². The lowest BCUT2D eigenvalue weighted by atomic mass is 10.2. The van der Waals surface area contributed by atoms with Crippen LogP contribution in [0, 0.1) is 11.3 Å². The molecule has 26 heavy (non-hydrogen) atoms. The van der Waals surface area contributed by atoms with Gasteiger partial charge in [-0.25, -0.2) is 9.98 Å². The lowest BCUT2D eigenvalue weighted by Crippen LogP contribution is -2.11. The zero-order valence-electron chi connectivity index (χ0n) is 14.0. The van der Waals surface area contributed by atoms with E-state index in [9.17, 15) is 0 Å². The Morgan fingerprint density at radius 2 is 2.12 bits per heavy atom. The Kier molecular flexibility index (Phi) is 6.18. The largest absolute Gasteiger partial charge is 0.453 e. The van der Waals surface area contributed by atoms with E-state index in [0.717, 1.165) is 22.3 Å². The number of halogens is 1. The number of aromatic nitrogens is 1. The molecule has 6 heteroatoms. The van der Waals surface area contributed by atoms with Crippen LogP contribution in [0.4, 0.5) is 5.82 Å². The van der Waals surface area contributed by atoms with Crippen molar-refractivity contribution < 1.29 is 4.74 Å². The first-order chi connectivity index (χ1) is 12.7. The number of hydrogen-bond donors (Lipinski definition) is 1. The van der Waals surface area contributed by atoms with Crippen LogP contribution >= 0.6 is 15.9 Å². The van der Waals surface area contributed by atoms with Crippen LogP contribution in [0.5, 0.6) is 11.5 Å². The summed E-state index contributed by atoms with van der Waals surface area (Å²) in [6, 6.07) is 13.5. The SMILES string of the molecule is N#CCCC1=CCC=CC(Nc2ncc(Br)cc2Oc2ccccc2)=N1. The van der Waals surface area contributed by atoms with Crippen molar-refractivity contribution in [3.05, 3.63) is 71.0 Å². The van der Waals surface area contributed by atoms with E-state index in [-0.39, 0.29) is 0 Å². The molecule has 1 aliphatic rings. The number of allylic oxidation sites excluding steroid dienone is 3. The predicted octanol–water partition coefficient (Wildman–Crippen LogP) is 5.59. The van der Waals surface area contributed by atoms with Crippen LogP contribution in [0.2, 0.25) is 0 Å². The maximum atomic E-state index is 8.78. The molecule has 130 valence electrons. The lowest BCUT2D eigenvalue weighted by molar-refractivity contribution is 0.482. The highest BCUT2D eigenvalue weighted by Gasteiger charge is 2.11. The topological polar surface area (TPSA) is 70.3 Å². The first-order valence-electron chi connectivity index (χ1n) is 8.21. The molecule has 0 fully saturated rings. The van der Waals surface area contributed by atoms with Gasteiger partial charge in [0.15, 0.2) is 11.6 Å². The molecule has 0 unspecified atom stereocenters. The van der Waals surface area contributed by atoms with Crippen LogP contribution in [-0.2, 0) is 0 Å². The summed E-state index contributed by atoms with van der Waals surface area (Å²) < 4.78 is 6.78. The summed E-state index contributed by atoms with van der Waals surface area (Å²) in [5.41, 5.74) is 0.890. The molecule has 3 rings (SSSR count). The average Bonchev–Trinajstić information content (AvgIpc) is 2.88. The molecule has 5 nitrogen and oxygen atoms in total. The highest BCUT2D eigenvalue weighted by Crippen LogP contribution is 2.30. The Bertz CT molecular complexity index is 898. The summed E-state index contributed by atoms with van der Waals surface area (Å²) in [6.07, 6.45) is 9.52. The Balaban J connectivity index is 1.84. The van der Waals surface area contributed by atoms with Gasteiger partial charge in [-0.15, -0.1) is 0 Å². The summed E-state index contributed by atoms with van der Waals surface area (Å²) in [5, 5.41) is 12.0. The fraction of sp³-hybridized carbons (Fsp3) is 0.150. The number of nitrogens with zero attached hydrogens (tertiary/aromatic N) is 3. The number of hydrogen-bond acceptors (Lipinski definition) is 5. The summed E-state index contributed by atoms with van der Waals surface area (Å²) in [6.45, 7) is 0. The molecule has 1 aliphatic heterocycles. The van der Waals surface area contributed by atoms with Crippen molar-refractivity contribution in [3.8, 4) is 17.6 Å². The van der Waals surface area contributed by atoms with Crippen molar-refractivity contribution in [3.63, 3.8) is 0 Å². The van der Waals surface area contributed by atoms with Crippen molar-refractivity contribution >= 4 is 27.6 Å². The minimum Gasteiger partial charge on any atom is -0.453 e. The second-order valence-electron chi connectivity index (χ2n) is 5.53. The van der Waals surface area contributed by atoms with Crippen LogP contribution < -0.4 is 10.1 Å². The molecule has 1 N–H and O–H groups in total. The number of nitrogens with one attached hydrogen (secondary N) is 1. The molecular formula is C20H17BrN4O. The van der Waals surface area contributed by atoms with Gasteiger partial charge in [-0.3, -0.25) is 0 Å². The van der Waals surface area contributed by atoms with Gasteiger partial charge in [-0.05, 0) is 40.6 Å². The van der Waals surface area contributed by atoms with Gasteiger partial charge in [0, 0.05) is 35.3 Å². The number of nitriles is 1. The Morgan fingerprint density at radius 1 is 1.27 bits per heavy atom. The number of para-hydroxylation sites is 1. The molecule has 0 spiro atoms. The van der Waals surface area contributed by atoms with Crippen molar-refractivity contribution in [1.29, 1.82) is 5.26 Å². The molecule has 0 saturated heterocycles. The van der Waals surface area contributed by atoms with Gasteiger partial charge in [0.25, 0.3) is 0 Å². The number of benzene rings is 1. The van der Waals surface area contributed by atoms with Gasteiger partial charge in [-0.1, -0.05) is 30.4 Å². The highest BCUT2D eigenvalue weighted by atomic mass is 79.9. The molecule has 1 aromatic carbocycles. The maximum absolute atomic E-state index is 8.78. The molecular weight excluding hydrogens is 392 g/mol. The van der Waals surface area contributed by atoms with Crippen molar-refractivity contribution in [2.24, 2.45) is 4.99 Å². The fourth-order valence-electron chi connectivity index (χ4n) is 2.36. The van der Waals surface area contributed by atoms with Gasteiger partial charge in [-0.2, -0.15) is 5.26 Å². The number of ether oxygens (including phenoxy) is 1. The Labute approximate surface area is 160 Å². The zero-order valence-corrected chi connectivity index (χ0v) is 15.6. The van der Waals surface area contributed by atoms with E-state index in [2.05, 4.69) is 37.3 Å². The molecule has 0 bridgehead atoms. The second-order valence-corrected chi connectivity index (χ2v) is 6.44. The molecule has 0 radical (unpaired) electrons. The van der Waals surface area contributed by atoms with Gasteiger partial charge >= 0.3 is 0 Å². The van der Waals surface area contributed by atoms with E-state index in [1.807, 2.05) is 54.6 Å². The van der Waals surface area contributed by atoms with Gasteiger partial charge in [0.05, 0.1) is 6.07 Å². The molecule has 2 heterocycles. The Morgan fingerprint density at radius 3 is 2.92 bits per heavy atom. The molecule has 2 aromatic rings. The van der Waals surface area contributed by atoms with Crippen LogP contribution in [0.3, 0.4) is 0 Å². The summed E-state index contributed by atoms with van der Waals surface area (Å²) in [7, 11) is 0. The predicted molar refractivity (Wildman–Crippen MR) is 106 cm³/mol. The number of amidine groups is 1. The minimum absolute atomic E-state index is 0.446. The van der Waals surface area contributed by atoms with E-state index < -0.39 is 0 Å². The van der Waals surface area contributed by atoms with E-state index in [1.165, 1.54) is 0 Å². The number of aliphatic imine (C=N–C) groups is 1. The van der Waals surface area contributed by atoms with E-state index in [1.54, 1.807) is 6.20 Å². The molecule has 0 saturated carbocycles. The van der Waals surface area contributed by atoms with Crippen LogP contribution in [0.1, 0.15) is 19.3 Å². The van der Waals surface area contributed by atoms with Crippen molar-refractivity contribution in [1.82, 2.24) is 4.98 Å². The fourth-order valence-corrected chi connectivity index (χ4v) is 2.67. The number of rotatable bonds is 5. The van der Waals surface area contributed by atoms with Gasteiger partial charge < -0.3 is 10.1 Å². The van der Waals surface area contributed by atoms with Crippen LogP contribution in [0.25, 0.3) is 0 Å². The lowest BCUT2D eigenvalue weighted by Gasteiger charge is -2.12. The second kappa shape index (κ2) is 8.97.